The van der Waals surface area contributed by atoms with Gasteiger partial charge in [0.2, 0.25) is 0 Å². The molecule has 0 N–H and O–H groups in total. The van der Waals surface area contributed by atoms with Gasteiger partial charge in [0.05, 0.1) is 0 Å². The Kier molecular flexibility index (Phi) is 4.50. The van der Waals surface area contributed by atoms with E-state index in [1.807, 2.05) is 20.8 Å². The number of hydrogen-bond donors (Lipinski definition) is 0. The predicted octanol–water partition coefficient (Wildman–Crippen LogP) is 2.23. The number of thioether (sulfide) groups is 1. The van der Waals surface area contributed by atoms with Crippen LogP contribution in [0.15, 0.2) is 10.5 Å². The van der Waals surface area contributed by atoms with Crippen molar-refractivity contribution in [3.05, 3.63) is 10.5 Å². The Balaban J connectivity index is 3.98. The largest absolute Gasteiger partial charge is 0.297 e. The molecule has 0 fully saturated rings. The van der Waals surface area contributed by atoms with Crippen molar-refractivity contribution in [3.63, 3.8) is 0 Å². The smallest absolute Gasteiger partial charge is 0.156 e. The molecule has 0 aromatic heterocycles. The molecule has 52 valence electrons. The standard InChI is InChI=1S/C7H12OS/c1-4-9-7(5-8)6(2)3/h5H,4H2,1-3H3. The third-order valence-electron chi connectivity index (χ3n) is 0.900. The summed E-state index contributed by atoms with van der Waals surface area (Å²) in [4.78, 5) is 11.1. The van der Waals surface area contributed by atoms with Crippen molar-refractivity contribution in [3.8, 4) is 0 Å². The zero-order chi connectivity index (χ0) is 7.28. The Morgan fingerprint density at radius 2 is 2.11 bits per heavy atom. The summed E-state index contributed by atoms with van der Waals surface area (Å²) in [6.45, 7) is 5.94. The quantitative estimate of drug-likeness (QED) is 0.446. The molecule has 0 rings (SSSR count). The maximum atomic E-state index is 10.3. The number of carbonyl (C=O) groups excluding carboxylic acids is 1. The summed E-state index contributed by atoms with van der Waals surface area (Å²) in [5.41, 5.74) is 1.11. The van der Waals surface area contributed by atoms with Crippen LogP contribution < -0.4 is 0 Å². The Bertz CT molecular complexity index is 123. The first-order chi connectivity index (χ1) is 4.22. The molecule has 0 aromatic rings. The lowest BCUT2D eigenvalue weighted by atomic mass is 10.3. The average Bonchev–Trinajstić information content (AvgIpc) is 1.82. The summed E-state index contributed by atoms with van der Waals surface area (Å²) >= 11 is 1.60. The van der Waals surface area contributed by atoms with Gasteiger partial charge in [0, 0.05) is 4.91 Å². The summed E-state index contributed by atoms with van der Waals surface area (Å²) in [7, 11) is 0. The van der Waals surface area contributed by atoms with E-state index in [9.17, 15) is 4.79 Å². The highest BCUT2D eigenvalue weighted by Gasteiger charge is 1.94. The van der Waals surface area contributed by atoms with E-state index in [0.717, 1.165) is 22.5 Å². The number of aldehydes is 1. The lowest BCUT2D eigenvalue weighted by molar-refractivity contribution is -0.104. The van der Waals surface area contributed by atoms with Crippen molar-refractivity contribution in [2.45, 2.75) is 20.8 Å². The van der Waals surface area contributed by atoms with Gasteiger partial charge in [-0.25, -0.2) is 0 Å². The van der Waals surface area contributed by atoms with Crippen molar-refractivity contribution in [2.75, 3.05) is 5.75 Å². The van der Waals surface area contributed by atoms with E-state index in [4.69, 9.17) is 0 Å². The zero-order valence-corrected chi connectivity index (χ0v) is 6.92. The van der Waals surface area contributed by atoms with Gasteiger partial charge in [-0.05, 0) is 19.6 Å². The van der Waals surface area contributed by atoms with Crippen molar-refractivity contribution >= 4 is 18.0 Å². The number of allylic oxidation sites excluding steroid dienone is 2. The Morgan fingerprint density at radius 1 is 1.56 bits per heavy atom. The van der Waals surface area contributed by atoms with Crippen LogP contribution in [0.25, 0.3) is 0 Å². The Hall–Kier alpha value is -0.240. The lowest BCUT2D eigenvalue weighted by Gasteiger charge is -1.96. The van der Waals surface area contributed by atoms with Gasteiger partial charge in [0.15, 0.2) is 6.29 Å². The first kappa shape index (κ1) is 8.76. The maximum absolute atomic E-state index is 10.3. The molecule has 0 amide bonds. The van der Waals surface area contributed by atoms with Crippen LogP contribution in [0.2, 0.25) is 0 Å². The van der Waals surface area contributed by atoms with Gasteiger partial charge in [-0.2, -0.15) is 0 Å². The van der Waals surface area contributed by atoms with Gasteiger partial charge in [-0.15, -0.1) is 11.8 Å². The van der Waals surface area contributed by atoms with Gasteiger partial charge in [-0.1, -0.05) is 12.5 Å². The first-order valence-corrected chi connectivity index (χ1v) is 3.96. The van der Waals surface area contributed by atoms with Crippen LogP contribution >= 0.6 is 11.8 Å². The summed E-state index contributed by atoms with van der Waals surface area (Å²) in [6.07, 6.45) is 0.920. The summed E-state index contributed by atoms with van der Waals surface area (Å²) in [6, 6.07) is 0. The first-order valence-electron chi connectivity index (χ1n) is 2.97. The van der Waals surface area contributed by atoms with Crippen LogP contribution in [0.5, 0.6) is 0 Å². The van der Waals surface area contributed by atoms with Gasteiger partial charge in [0.1, 0.15) is 0 Å². The van der Waals surface area contributed by atoms with Gasteiger partial charge in [0.25, 0.3) is 0 Å². The van der Waals surface area contributed by atoms with E-state index in [0.29, 0.717) is 0 Å². The fourth-order valence-corrected chi connectivity index (χ4v) is 1.12. The van der Waals surface area contributed by atoms with Crippen LogP contribution in [0.1, 0.15) is 20.8 Å². The highest BCUT2D eigenvalue weighted by atomic mass is 32.2. The van der Waals surface area contributed by atoms with Crippen molar-refractivity contribution in [1.29, 1.82) is 0 Å². The number of rotatable bonds is 3. The molecular formula is C7H12OS. The molecule has 0 saturated carbocycles. The molecule has 0 aromatic carbocycles. The normalized spacial score (nSPS) is 8.78. The van der Waals surface area contributed by atoms with E-state index >= 15 is 0 Å². The second-order valence-electron chi connectivity index (χ2n) is 1.92. The van der Waals surface area contributed by atoms with E-state index in [2.05, 4.69) is 0 Å². The SMILES string of the molecule is CCSC(C=O)=C(C)C. The molecule has 1 nitrogen and oxygen atoms in total. The Labute approximate surface area is 60.5 Å². The summed E-state index contributed by atoms with van der Waals surface area (Å²) < 4.78 is 0. The van der Waals surface area contributed by atoms with Gasteiger partial charge < -0.3 is 0 Å². The molecule has 0 bridgehead atoms. The molecule has 0 atom stereocenters. The van der Waals surface area contributed by atoms with Crippen molar-refractivity contribution < 1.29 is 4.79 Å². The van der Waals surface area contributed by atoms with Gasteiger partial charge in [-0.3, -0.25) is 4.79 Å². The summed E-state index contributed by atoms with van der Waals surface area (Å²) in [5, 5.41) is 0. The van der Waals surface area contributed by atoms with Crippen molar-refractivity contribution in [2.24, 2.45) is 0 Å². The minimum absolute atomic E-state index is 0.873. The van der Waals surface area contributed by atoms with E-state index in [1.165, 1.54) is 0 Å². The number of hydrogen-bond acceptors (Lipinski definition) is 2. The molecule has 0 radical (unpaired) electrons. The van der Waals surface area contributed by atoms with Crippen molar-refractivity contribution in [1.82, 2.24) is 0 Å². The topological polar surface area (TPSA) is 17.1 Å². The van der Waals surface area contributed by atoms with Crippen LogP contribution in [0.3, 0.4) is 0 Å². The maximum Gasteiger partial charge on any atom is 0.156 e. The monoisotopic (exact) mass is 144 g/mol. The molecule has 0 aliphatic rings. The Morgan fingerprint density at radius 3 is 2.22 bits per heavy atom. The molecular weight excluding hydrogens is 132 g/mol. The fraction of sp³-hybridized carbons (Fsp3) is 0.571. The zero-order valence-electron chi connectivity index (χ0n) is 6.10. The van der Waals surface area contributed by atoms with Gasteiger partial charge >= 0.3 is 0 Å². The second-order valence-corrected chi connectivity index (χ2v) is 3.22. The number of carbonyl (C=O) groups is 1. The molecule has 0 saturated heterocycles. The molecule has 0 spiro atoms. The second kappa shape index (κ2) is 4.62. The highest BCUT2D eigenvalue weighted by Crippen LogP contribution is 2.15. The van der Waals surface area contributed by atoms with Crippen LogP contribution in [-0.4, -0.2) is 12.0 Å². The molecule has 2 heteroatoms. The van der Waals surface area contributed by atoms with E-state index in [1.54, 1.807) is 11.8 Å². The third kappa shape index (κ3) is 3.36. The minimum atomic E-state index is 0.873. The minimum Gasteiger partial charge on any atom is -0.297 e. The molecule has 0 aliphatic carbocycles. The van der Waals surface area contributed by atoms with E-state index < -0.39 is 0 Å². The lowest BCUT2D eigenvalue weighted by Crippen LogP contribution is -1.82. The van der Waals surface area contributed by atoms with Crippen LogP contribution in [0, 0.1) is 0 Å². The van der Waals surface area contributed by atoms with E-state index in [-0.39, 0.29) is 0 Å². The fourth-order valence-electron chi connectivity index (χ4n) is 0.452. The molecule has 0 heterocycles. The molecule has 0 aliphatic heterocycles. The predicted molar refractivity (Wildman–Crippen MR) is 42.6 cm³/mol. The van der Waals surface area contributed by atoms with Crippen LogP contribution in [0.4, 0.5) is 0 Å². The molecule has 9 heavy (non-hydrogen) atoms. The summed E-state index contributed by atoms with van der Waals surface area (Å²) in [5.74, 6) is 0.971. The molecule has 0 unspecified atom stereocenters. The third-order valence-corrected chi connectivity index (χ3v) is 2.00. The average molecular weight is 144 g/mol. The highest BCUT2D eigenvalue weighted by molar-refractivity contribution is 8.03. The van der Waals surface area contributed by atoms with Crippen LogP contribution in [-0.2, 0) is 4.79 Å².